The minimum absolute atomic E-state index is 0. The number of hydrogen-bond donors (Lipinski definition) is 0. The molecule has 0 N–H and O–H groups in total. The summed E-state index contributed by atoms with van der Waals surface area (Å²) in [5.41, 5.74) is 11.0. The van der Waals surface area contributed by atoms with Gasteiger partial charge < -0.3 is 9.73 Å². The van der Waals surface area contributed by atoms with E-state index >= 15 is 0 Å². The summed E-state index contributed by atoms with van der Waals surface area (Å²) < 4.78 is 6.33. The Kier molecular flexibility index (Phi) is 12.5. The second-order valence-electron chi connectivity index (χ2n) is 14.1. The van der Waals surface area contributed by atoms with Gasteiger partial charge in [-0.25, -0.2) is 0 Å². The fourth-order valence-corrected chi connectivity index (χ4v) is 7.47. The van der Waals surface area contributed by atoms with E-state index in [9.17, 15) is 4.79 Å². The topological polar surface area (TPSA) is 57.2 Å². The third-order valence-electron chi connectivity index (χ3n) is 9.99. The number of aromatic nitrogens is 1. The first kappa shape index (κ1) is 38.3. The number of benzene rings is 3. The molecule has 1 aliphatic rings. The van der Waals surface area contributed by atoms with Gasteiger partial charge in [0.25, 0.3) is 0 Å². The molecule has 6 rings (SSSR count). The predicted octanol–water partition coefficient (Wildman–Crippen LogP) is 12.5. The molecule has 0 spiro atoms. The molecule has 261 valence electrons. The Morgan fingerprint density at radius 1 is 0.898 bits per heavy atom. The van der Waals surface area contributed by atoms with Gasteiger partial charge in [-0.15, -0.1) is 35.4 Å². The molecule has 0 bridgehead atoms. The van der Waals surface area contributed by atoms with Crippen LogP contribution in [0.1, 0.15) is 103 Å². The summed E-state index contributed by atoms with van der Waals surface area (Å²) >= 11 is 0. The standard InChI is InChI=1S/C28H22NO.C16H31NO.Ir/c1-16-14-17(2)18-12-13-22(29-23(18)15-16)19-9-7-10-21-25(19)28(3,4)26-20-8-5-6-11-24(20)30-27(21)26;1-7-13(8-2)15(17-12(5)6)11-16(18)14(9-3)10-4;/h5-8,10-15H,1-4H3;11-14H,7-10H2,1-6H3,(H,17,18);/q-1;;/p-1. The van der Waals surface area contributed by atoms with Gasteiger partial charge in [0.1, 0.15) is 11.3 Å². The normalized spacial score (nSPS) is 13.4. The Morgan fingerprint density at radius 3 is 2.22 bits per heavy atom. The van der Waals surface area contributed by atoms with Gasteiger partial charge in [0.2, 0.25) is 0 Å². The number of para-hydroxylation sites is 1. The third-order valence-corrected chi connectivity index (χ3v) is 9.99. The molecule has 1 radical (unpaired) electrons. The van der Waals surface area contributed by atoms with Crippen LogP contribution in [0.3, 0.4) is 0 Å². The molecule has 5 aromatic rings. The van der Waals surface area contributed by atoms with Gasteiger partial charge in [0.15, 0.2) is 5.78 Å². The average Bonchev–Trinajstić information content (AvgIpc) is 3.55. The number of nitrogens with zero attached hydrogens (tertiary/aromatic N) is 2. The molecule has 0 atom stereocenters. The Labute approximate surface area is 307 Å². The van der Waals surface area contributed by atoms with Crippen molar-refractivity contribution in [3.63, 3.8) is 0 Å². The molecule has 0 amide bonds. The summed E-state index contributed by atoms with van der Waals surface area (Å²) in [6, 6.07) is 24.9. The zero-order chi connectivity index (χ0) is 34.7. The van der Waals surface area contributed by atoms with E-state index in [4.69, 9.17) is 9.40 Å². The van der Waals surface area contributed by atoms with Gasteiger partial charge in [-0.2, -0.15) is 5.70 Å². The number of pyridine rings is 1. The van der Waals surface area contributed by atoms with Crippen LogP contribution in [0.15, 0.2) is 76.9 Å². The predicted molar refractivity (Wildman–Crippen MR) is 203 cm³/mol. The third kappa shape index (κ3) is 7.64. The molecular formula is C44H52IrN2O2-2. The number of rotatable bonds is 10. The van der Waals surface area contributed by atoms with Crippen LogP contribution in [-0.4, -0.2) is 16.8 Å². The van der Waals surface area contributed by atoms with Gasteiger partial charge in [-0.05, 0) is 73.1 Å². The molecule has 2 aromatic heterocycles. The van der Waals surface area contributed by atoms with E-state index < -0.39 is 0 Å². The van der Waals surface area contributed by atoms with Crippen molar-refractivity contribution in [1.82, 2.24) is 4.98 Å². The van der Waals surface area contributed by atoms with Gasteiger partial charge in [0.05, 0.1) is 5.52 Å². The van der Waals surface area contributed by atoms with Crippen LogP contribution in [-0.2, 0) is 30.3 Å². The maximum atomic E-state index is 12.2. The van der Waals surface area contributed by atoms with Crippen LogP contribution in [0.2, 0.25) is 0 Å². The Balaban J connectivity index is 0.000000249. The summed E-state index contributed by atoms with van der Waals surface area (Å²) in [4.78, 5) is 17.3. The molecular weight excluding hydrogens is 781 g/mol. The van der Waals surface area contributed by atoms with Crippen LogP contribution < -0.4 is 0 Å². The molecule has 0 unspecified atom stereocenters. The van der Waals surface area contributed by atoms with Gasteiger partial charge in [0, 0.05) is 42.4 Å². The smallest absolute Gasteiger partial charge is 0.157 e. The fraction of sp³-hybridized carbons (Fsp3) is 0.409. The molecule has 0 saturated carbocycles. The van der Waals surface area contributed by atoms with E-state index in [1.54, 1.807) is 0 Å². The van der Waals surface area contributed by atoms with Crippen molar-refractivity contribution in [2.75, 3.05) is 0 Å². The van der Waals surface area contributed by atoms with Crippen molar-refractivity contribution in [3.05, 3.63) is 106 Å². The minimum atomic E-state index is -0.191. The molecule has 49 heavy (non-hydrogen) atoms. The minimum Gasteiger partial charge on any atom is -0.685 e. The Hall–Kier alpha value is -3.53. The van der Waals surface area contributed by atoms with Crippen molar-refractivity contribution in [1.29, 1.82) is 0 Å². The number of allylic oxidation sites excluding steroid dienone is 2. The van der Waals surface area contributed by atoms with Crippen LogP contribution in [0, 0.1) is 31.7 Å². The first-order valence-electron chi connectivity index (χ1n) is 17.9. The number of hydrogen-bond acceptors (Lipinski definition) is 3. The van der Waals surface area contributed by atoms with Crippen molar-refractivity contribution >= 4 is 27.7 Å². The zero-order valence-corrected chi connectivity index (χ0v) is 33.4. The summed E-state index contributed by atoms with van der Waals surface area (Å²) in [5.74, 6) is 1.83. The average molecular weight is 833 g/mol. The maximum absolute atomic E-state index is 12.2. The molecule has 3 aromatic carbocycles. The Bertz CT molecular complexity index is 1960. The van der Waals surface area contributed by atoms with Gasteiger partial charge >= 0.3 is 0 Å². The molecule has 2 heterocycles. The molecule has 0 saturated heterocycles. The number of furan rings is 1. The monoisotopic (exact) mass is 833 g/mol. The fourth-order valence-electron chi connectivity index (χ4n) is 7.47. The molecule has 0 aliphatic heterocycles. The van der Waals surface area contributed by atoms with Crippen LogP contribution >= 0.6 is 0 Å². The summed E-state index contributed by atoms with van der Waals surface area (Å²) in [6.45, 7) is 21.5. The van der Waals surface area contributed by atoms with Crippen molar-refractivity contribution in [3.8, 4) is 22.6 Å². The van der Waals surface area contributed by atoms with E-state index in [0.717, 1.165) is 65.1 Å². The van der Waals surface area contributed by atoms with E-state index in [2.05, 4.69) is 129 Å². The summed E-state index contributed by atoms with van der Waals surface area (Å²) in [6.07, 6.45) is 5.76. The second-order valence-corrected chi connectivity index (χ2v) is 14.1. The van der Waals surface area contributed by atoms with Gasteiger partial charge in [-0.1, -0.05) is 110 Å². The molecule has 4 nitrogen and oxygen atoms in total. The maximum Gasteiger partial charge on any atom is 0.157 e. The molecule has 0 fully saturated rings. The number of carbonyl (C=O) groups is 1. The van der Waals surface area contributed by atoms with E-state index in [-0.39, 0.29) is 43.3 Å². The number of fused-ring (bicyclic) bond motifs is 6. The Morgan fingerprint density at radius 2 is 1.57 bits per heavy atom. The molecule has 5 heteroatoms. The molecule has 1 aliphatic carbocycles. The van der Waals surface area contributed by atoms with Crippen molar-refractivity contribution in [2.24, 2.45) is 11.8 Å². The number of aryl methyl sites for hydroxylation is 2. The van der Waals surface area contributed by atoms with E-state index in [1.807, 2.05) is 18.2 Å². The van der Waals surface area contributed by atoms with Gasteiger partial charge in [-0.3, -0.25) is 9.78 Å². The zero-order valence-electron chi connectivity index (χ0n) is 31.0. The van der Waals surface area contributed by atoms with Crippen LogP contribution in [0.25, 0.3) is 49.8 Å². The van der Waals surface area contributed by atoms with E-state index in [1.165, 1.54) is 33.0 Å². The second kappa shape index (κ2) is 16.0. The van der Waals surface area contributed by atoms with Crippen LogP contribution in [0.5, 0.6) is 0 Å². The first-order chi connectivity index (χ1) is 22.9. The summed E-state index contributed by atoms with van der Waals surface area (Å²) in [7, 11) is 0. The first-order valence-corrected chi connectivity index (χ1v) is 17.9. The van der Waals surface area contributed by atoms with Crippen LogP contribution in [0.4, 0.5) is 0 Å². The summed E-state index contributed by atoms with van der Waals surface area (Å²) in [5, 5.41) is 7.05. The number of carbonyl (C=O) groups excluding carboxylic acids is 1. The SMILES string of the molecule is CCC(CC)C(=O)/C=C(\[N-]C(C)C)C(CC)CC.Cc1cc(C)c2ccc(-c3[c-]ccc4c3C(C)(C)c3c-4oc4ccccc34)nc2c1.[Ir]. The number of ketones is 1. The van der Waals surface area contributed by atoms with E-state index in [0.29, 0.717) is 5.92 Å². The van der Waals surface area contributed by atoms with Crippen molar-refractivity contribution < 1.29 is 29.3 Å². The van der Waals surface area contributed by atoms with Crippen molar-refractivity contribution in [2.45, 2.75) is 106 Å². The largest absolute Gasteiger partial charge is 0.685 e. The quantitative estimate of drug-likeness (QED) is 0.104.